The first-order chi connectivity index (χ1) is 10.3. The highest BCUT2D eigenvalue weighted by atomic mass is 16.2. The number of hydrogen-bond donors (Lipinski definition) is 2. The van der Waals surface area contributed by atoms with Gasteiger partial charge in [-0.25, -0.2) is 5.43 Å². The number of rotatable bonds is 3. The number of carbonyl (C=O) groups excluding carboxylic acids is 2. The second kappa shape index (κ2) is 8.19. The molecular weight excluding hydrogens is 266 g/mol. The van der Waals surface area contributed by atoms with Gasteiger partial charge in [0, 0.05) is 6.04 Å². The average molecular weight is 287 g/mol. The van der Waals surface area contributed by atoms with Crippen molar-refractivity contribution in [3.05, 3.63) is 35.9 Å². The van der Waals surface area contributed by atoms with Gasteiger partial charge in [0.1, 0.15) is 0 Å². The predicted molar refractivity (Wildman–Crippen MR) is 81.8 cm³/mol. The van der Waals surface area contributed by atoms with Crippen LogP contribution in [0.4, 0.5) is 0 Å². The number of hydrogen-bond acceptors (Lipinski definition) is 3. The van der Waals surface area contributed by atoms with Gasteiger partial charge >= 0.3 is 11.8 Å². The Morgan fingerprint density at radius 3 is 2.33 bits per heavy atom. The van der Waals surface area contributed by atoms with Crippen molar-refractivity contribution in [2.45, 2.75) is 44.6 Å². The fourth-order valence-corrected chi connectivity index (χ4v) is 2.43. The lowest BCUT2D eigenvalue weighted by Gasteiger charge is -2.14. The molecule has 0 unspecified atom stereocenters. The molecule has 1 aromatic rings. The number of nitrogens with zero attached hydrogens (tertiary/aromatic N) is 1. The highest BCUT2D eigenvalue weighted by Crippen LogP contribution is 2.16. The number of amides is 2. The molecule has 0 atom stereocenters. The standard InChI is InChI=1S/C16H21N3O2/c20-15(18-14-10-6-1-2-7-11-14)16(21)19-17-12-13-8-4-3-5-9-13/h3-5,8-9,12,14H,1-2,6-7,10-11H2,(H,18,20)(H,19,21)/b17-12+. The quantitative estimate of drug-likeness (QED) is 0.386. The molecule has 0 aromatic heterocycles. The van der Waals surface area contributed by atoms with E-state index in [2.05, 4.69) is 15.8 Å². The summed E-state index contributed by atoms with van der Waals surface area (Å²) in [7, 11) is 0. The van der Waals surface area contributed by atoms with Crippen molar-refractivity contribution in [3.63, 3.8) is 0 Å². The highest BCUT2D eigenvalue weighted by molar-refractivity contribution is 6.35. The third-order valence-corrected chi connectivity index (χ3v) is 3.58. The summed E-state index contributed by atoms with van der Waals surface area (Å²) in [6, 6.07) is 9.49. The molecule has 0 radical (unpaired) electrons. The van der Waals surface area contributed by atoms with Gasteiger partial charge in [0.2, 0.25) is 0 Å². The molecular formula is C16H21N3O2. The maximum atomic E-state index is 11.8. The van der Waals surface area contributed by atoms with Crippen LogP contribution in [0.15, 0.2) is 35.4 Å². The minimum Gasteiger partial charge on any atom is -0.345 e. The van der Waals surface area contributed by atoms with Gasteiger partial charge in [0.05, 0.1) is 6.21 Å². The van der Waals surface area contributed by atoms with Crippen molar-refractivity contribution >= 4 is 18.0 Å². The van der Waals surface area contributed by atoms with Gasteiger partial charge in [-0.1, -0.05) is 56.0 Å². The van der Waals surface area contributed by atoms with Crippen molar-refractivity contribution in [2.24, 2.45) is 5.10 Å². The molecule has 0 heterocycles. The average Bonchev–Trinajstić information content (AvgIpc) is 2.77. The van der Waals surface area contributed by atoms with Crippen molar-refractivity contribution in [3.8, 4) is 0 Å². The Balaban J connectivity index is 1.77. The Labute approximate surface area is 124 Å². The van der Waals surface area contributed by atoms with Crippen LogP contribution >= 0.6 is 0 Å². The van der Waals surface area contributed by atoms with E-state index in [4.69, 9.17) is 0 Å². The molecule has 1 fully saturated rings. The Kier molecular flexibility index (Phi) is 5.94. The summed E-state index contributed by atoms with van der Waals surface area (Å²) in [4.78, 5) is 23.4. The fraction of sp³-hybridized carbons (Fsp3) is 0.438. The number of benzene rings is 1. The lowest BCUT2D eigenvalue weighted by atomic mass is 10.1. The maximum absolute atomic E-state index is 11.8. The van der Waals surface area contributed by atoms with Crippen LogP contribution in [0.5, 0.6) is 0 Å². The molecule has 0 saturated heterocycles. The number of hydrazone groups is 1. The van der Waals surface area contributed by atoms with Crippen LogP contribution < -0.4 is 10.7 Å². The normalized spacial score (nSPS) is 16.4. The molecule has 112 valence electrons. The molecule has 0 bridgehead atoms. The zero-order valence-electron chi connectivity index (χ0n) is 12.0. The lowest BCUT2D eigenvalue weighted by Crippen LogP contribution is -2.43. The first-order valence-electron chi connectivity index (χ1n) is 7.44. The van der Waals surface area contributed by atoms with E-state index < -0.39 is 11.8 Å². The molecule has 5 nitrogen and oxygen atoms in total. The van der Waals surface area contributed by atoms with Crippen LogP contribution in [0.3, 0.4) is 0 Å². The summed E-state index contributed by atoms with van der Waals surface area (Å²) in [6.07, 6.45) is 8.05. The van der Waals surface area contributed by atoms with Crippen molar-refractivity contribution in [1.29, 1.82) is 0 Å². The molecule has 2 rings (SSSR count). The summed E-state index contributed by atoms with van der Waals surface area (Å²) >= 11 is 0. The van der Waals surface area contributed by atoms with Crippen LogP contribution in [0, 0.1) is 0 Å². The Bertz CT molecular complexity index is 492. The van der Waals surface area contributed by atoms with Crippen LogP contribution in [0.2, 0.25) is 0 Å². The van der Waals surface area contributed by atoms with E-state index in [1.54, 1.807) is 0 Å². The monoisotopic (exact) mass is 287 g/mol. The third kappa shape index (κ3) is 5.38. The second-order valence-corrected chi connectivity index (χ2v) is 5.27. The van der Waals surface area contributed by atoms with E-state index in [9.17, 15) is 9.59 Å². The van der Waals surface area contributed by atoms with Gasteiger partial charge in [0.15, 0.2) is 0 Å². The number of nitrogens with one attached hydrogen (secondary N) is 2. The third-order valence-electron chi connectivity index (χ3n) is 3.58. The fourth-order valence-electron chi connectivity index (χ4n) is 2.43. The molecule has 1 aliphatic carbocycles. The first-order valence-corrected chi connectivity index (χ1v) is 7.44. The Morgan fingerprint density at radius 1 is 1.00 bits per heavy atom. The Hall–Kier alpha value is -2.17. The van der Waals surface area contributed by atoms with Gasteiger partial charge in [-0.3, -0.25) is 9.59 Å². The topological polar surface area (TPSA) is 70.6 Å². The van der Waals surface area contributed by atoms with E-state index in [0.29, 0.717) is 0 Å². The zero-order valence-corrected chi connectivity index (χ0v) is 12.0. The van der Waals surface area contributed by atoms with E-state index >= 15 is 0 Å². The lowest BCUT2D eigenvalue weighted by molar-refractivity contribution is -0.139. The molecule has 2 amide bonds. The van der Waals surface area contributed by atoms with Crippen molar-refractivity contribution in [2.75, 3.05) is 0 Å². The minimum atomic E-state index is -0.716. The van der Waals surface area contributed by atoms with Gasteiger partial charge in [-0.05, 0) is 18.4 Å². The first kappa shape index (κ1) is 15.2. The molecule has 0 aliphatic heterocycles. The molecule has 2 N–H and O–H groups in total. The summed E-state index contributed by atoms with van der Waals surface area (Å²) in [5, 5.41) is 6.57. The summed E-state index contributed by atoms with van der Waals surface area (Å²) in [5.41, 5.74) is 3.12. The molecule has 21 heavy (non-hydrogen) atoms. The van der Waals surface area contributed by atoms with E-state index in [0.717, 1.165) is 31.2 Å². The highest BCUT2D eigenvalue weighted by Gasteiger charge is 2.19. The van der Waals surface area contributed by atoms with Gasteiger partial charge in [-0.2, -0.15) is 5.10 Å². The molecule has 1 aliphatic rings. The summed E-state index contributed by atoms with van der Waals surface area (Å²) in [6.45, 7) is 0. The Morgan fingerprint density at radius 2 is 1.67 bits per heavy atom. The van der Waals surface area contributed by atoms with Crippen LogP contribution in [-0.2, 0) is 9.59 Å². The van der Waals surface area contributed by atoms with Crippen LogP contribution in [-0.4, -0.2) is 24.1 Å². The minimum absolute atomic E-state index is 0.115. The smallest absolute Gasteiger partial charge is 0.329 e. The van der Waals surface area contributed by atoms with Crippen molar-refractivity contribution < 1.29 is 9.59 Å². The molecule has 0 spiro atoms. The van der Waals surface area contributed by atoms with E-state index in [1.807, 2.05) is 30.3 Å². The van der Waals surface area contributed by atoms with Crippen molar-refractivity contribution in [1.82, 2.24) is 10.7 Å². The van der Waals surface area contributed by atoms with Crippen LogP contribution in [0.25, 0.3) is 0 Å². The second-order valence-electron chi connectivity index (χ2n) is 5.27. The maximum Gasteiger partial charge on any atom is 0.329 e. The van der Waals surface area contributed by atoms with Gasteiger partial charge in [-0.15, -0.1) is 0 Å². The predicted octanol–water partition coefficient (Wildman–Crippen LogP) is 1.98. The van der Waals surface area contributed by atoms with E-state index in [-0.39, 0.29) is 6.04 Å². The largest absolute Gasteiger partial charge is 0.345 e. The molecule has 1 saturated carbocycles. The number of carbonyl (C=O) groups is 2. The molecule has 1 aromatic carbocycles. The van der Waals surface area contributed by atoms with Gasteiger partial charge in [0.25, 0.3) is 0 Å². The molecule has 5 heteroatoms. The zero-order chi connectivity index (χ0) is 14.9. The summed E-state index contributed by atoms with van der Waals surface area (Å²) < 4.78 is 0. The SMILES string of the molecule is O=C(N/N=C/c1ccccc1)C(=O)NC1CCCCCC1. The van der Waals surface area contributed by atoms with E-state index in [1.165, 1.54) is 19.1 Å². The van der Waals surface area contributed by atoms with Crippen LogP contribution in [0.1, 0.15) is 44.1 Å². The van der Waals surface area contributed by atoms with Gasteiger partial charge < -0.3 is 5.32 Å². The summed E-state index contributed by atoms with van der Waals surface area (Å²) in [5.74, 6) is -1.32.